The molecular weight excluding hydrogens is 487 g/mol. The van der Waals surface area contributed by atoms with Crippen LogP contribution in [0.15, 0.2) is 34.2 Å². The summed E-state index contributed by atoms with van der Waals surface area (Å²) in [6, 6.07) is 6.77. The minimum absolute atomic E-state index is 0. The average molecular weight is 520 g/mol. The summed E-state index contributed by atoms with van der Waals surface area (Å²) < 4.78 is 23.1. The fourth-order valence-corrected chi connectivity index (χ4v) is 5.21. The molecule has 8 heteroatoms. The lowest BCUT2D eigenvalue weighted by atomic mass is 9.74. The van der Waals surface area contributed by atoms with Gasteiger partial charge in [-0.25, -0.2) is 13.6 Å². The molecule has 1 aromatic rings. The largest absolute Gasteiger partial charge is 0.352 e. The minimum atomic E-state index is -3.68. The minimum Gasteiger partial charge on any atom is -0.352 e. The molecule has 1 aliphatic heterocycles. The summed E-state index contributed by atoms with van der Waals surface area (Å²) in [5.41, 5.74) is 1.32. The molecule has 0 unspecified atom stereocenters. The van der Waals surface area contributed by atoms with Crippen LogP contribution in [0.5, 0.6) is 0 Å². The highest BCUT2D eigenvalue weighted by Crippen LogP contribution is 2.42. The number of piperidine rings is 1. The number of nitrogens with one attached hydrogen (secondary N) is 1. The van der Waals surface area contributed by atoms with Crippen molar-refractivity contribution in [3.05, 3.63) is 29.8 Å². The van der Waals surface area contributed by atoms with E-state index in [1.807, 2.05) is 13.1 Å². The van der Waals surface area contributed by atoms with Crippen molar-refractivity contribution in [1.82, 2.24) is 10.2 Å². The summed E-state index contributed by atoms with van der Waals surface area (Å²) in [6.07, 6.45) is 10.6. The van der Waals surface area contributed by atoms with Crippen molar-refractivity contribution in [2.24, 2.45) is 15.5 Å². The molecule has 2 aliphatic rings. The lowest BCUT2D eigenvalue weighted by molar-refractivity contribution is 0.115. The van der Waals surface area contributed by atoms with E-state index in [2.05, 4.69) is 15.2 Å². The zero-order valence-electron chi connectivity index (χ0n) is 16.7. The average Bonchev–Trinajstić information content (AvgIpc) is 2.87. The number of guanidine groups is 1. The van der Waals surface area contributed by atoms with Crippen LogP contribution in [0.4, 0.5) is 0 Å². The maximum Gasteiger partial charge on any atom is 0.238 e. The second-order valence-corrected chi connectivity index (χ2v) is 9.59. The van der Waals surface area contributed by atoms with Gasteiger partial charge in [0.2, 0.25) is 10.0 Å². The lowest BCUT2D eigenvalue weighted by Crippen LogP contribution is -2.50. The number of sulfonamides is 1. The predicted octanol–water partition coefficient (Wildman–Crippen LogP) is 3.46. The van der Waals surface area contributed by atoms with Crippen molar-refractivity contribution in [3.8, 4) is 0 Å². The van der Waals surface area contributed by atoms with E-state index in [1.54, 1.807) is 12.1 Å². The molecule has 1 spiro atoms. The number of benzene rings is 1. The first-order valence-corrected chi connectivity index (χ1v) is 11.5. The van der Waals surface area contributed by atoms with Crippen LogP contribution in [0.1, 0.15) is 56.9 Å². The van der Waals surface area contributed by atoms with Gasteiger partial charge in [0.25, 0.3) is 0 Å². The second kappa shape index (κ2) is 10.2. The second-order valence-electron chi connectivity index (χ2n) is 8.03. The Morgan fingerprint density at radius 2 is 1.86 bits per heavy atom. The molecule has 0 atom stereocenters. The molecule has 2 fully saturated rings. The van der Waals surface area contributed by atoms with Gasteiger partial charge in [-0.2, -0.15) is 0 Å². The molecule has 158 valence electrons. The standard InChI is InChI=1S/C20H32N4O2S.HI/c1-22-19(23-15-17-8-6-9-18(14-17)27(21,25)26)24-13-7-12-20(16-24)10-4-2-3-5-11-20;/h6,8-9,14H,2-5,7,10-13,15-16H2,1H3,(H,22,23)(H2,21,25,26);1H. The molecular formula is C20H33IN4O2S. The van der Waals surface area contributed by atoms with E-state index < -0.39 is 10.0 Å². The van der Waals surface area contributed by atoms with Gasteiger partial charge in [-0.15, -0.1) is 24.0 Å². The van der Waals surface area contributed by atoms with Crippen LogP contribution in [0, 0.1) is 5.41 Å². The number of hydrogen-bond donors (Lipinski definition) is 2. The van der Waals surface area contributed by atoms with Crippen molar-refractivity contribution in [3.63, 3.8) is 0 Å². The molecule has 3 rings (SSSR count). The van der Waals surface area contributed by atoms with Crippen molar-refractivity contribution in [1.29, 1.82) is 0 Å². The predicted molar refractivity (Wildman–Crippen MR) is 124 cm³/mol. The SMILES string of the molecule is CN=C(NCc1cccc(S(N)(=O)=O)c1)N1CCCC2(CCCCCC2)C1.I. The number of aliphatic imine (C=N–C) groups is 1. The van der Waals surface area contributed by atoms with Crippen LogP contribution < -0.4 is 10.5 Å². The molecule has 28 heavy (non-hydrogen) atoms. The van der Waals surface area contributed by atoms with Crippen molar-refractivity contribution >= 4 is 40.0 Å². The van der Waals surface area contributed by atoms with E-state index in [1.165, 1.54) is 57.4 Å². The van der Waals surface area contributed by atoms with Gasteiger partial charge in [-0.3, -0.25) is 4.99 Å². The third-order valence-corrected chi connectivity index (χ3v) is 6.93. The quantitative estimate of drug-likeness (QED) is 0.363. The molecule has 1 aromatic carbocycles. The Hall–Kier alpha value is -0.870. The van der Waals surface area contributed by atoms with Crippen LogP contribution in [0.2, 0.25) is 0 Å². The summed E-state index contributed by atoms with van der Waals surface area (Å²) in [5.74, 6) is 0.902. The van der Waals surface area contributed by atoms with Crippen molar-refractivity contribution in [2.75, 3.05) is 20.1 Å². The van der Waals surface area contributed by atoms with E-state index in [9.17, 15) is 8.42 Å². The van der Waals surface area contributed by atoms with Gasteiger partial charge in [-0.05, 0) is 48.8 Å². The maximum atomic E-state index is 11.6. The fraction of sp³-hybridized carbons (Fsp3) is 0.650. The monoisotopic (exact) mass is 520 g/mol. The summed E-state index contributed by atoms with van der Waals surface area (Å²) in [6.45, 7) is 2.63. The highest BCUT2D eigenvalue weighted by Gasteiger charge is 2.36. The van der Waals surface area contributed by atoms with Crippen molar-refractivity contribution in [2.45, 2.75) is 62.8 Å². The normalized spacial score (nSPS) is 20.4. The number of halogens is 1. The Kier molecular flexibility index (Phi) is 8.57. The number of nitrogens with zero attached hydrogens (tertiary/aromatic N) is 2. The van der Waals surface area contributed by atoms with Gasteiger partial charge >= 0.3 is 0 Å². The first kappa shape index (κ1) is 23.4. The number of rotatable bonds is 3. The molecule has 0 amide bonds. The molecule has 1 saturated heterocycles. The van der Waals surface area contributed by atoms with E-state index in [-0.39, 0.29) is 28.9 Å². The zero-order valence-corrected chi connectivity index (χ0v) is 19.8. The van der Waals surface area contributed by atoms with Gasteiger partial charge in [0.1, 0.15) is 0 Å². The molecule has 1 saturated carbocycles. The van der Waals surface area contributed by atoms with Crippen LogP contribution in [-0.4, -0.2) is 39.4 Å². The summed E-state index contributed by atoms with van der Waals surface area (Å²) >= 11 is 0. The topological polar surface area (TPSA) is 87.8 Å². The Balaban J connectivity index is 0.00000280. The summed E-state index contributed by atoms with van der Waals surface area (Å²) in [7, 11) is -1.86. The Labute approximate surface area is 186 Å². The van der Waals surface area contributed by atoms with Crippen molar-refractivity contribution < 1.29 is 8.42 Å². The van der Waals surface area contributed by atoms with E-state index >= 15 is 0 Å². The Bertz CT molecular complexity index is 774. The Morgan fingerprint density at radius 1 is 1.18 bits per heavy atom. The number of hydrogen-bond acceptors (Lipinski definition) is 3. The summed E-state index contributed by atoms with van der Waals surface area (Å²) in [4.78, 5) is 7.02. The third kappa shape index (κ3) is 6.06. The lowest BCUT2D eigenvalue weighted by Gasteiger charge is -2.44. The third-order valence-electron chi connectivity index (χ3n) is 6.01. The maximum absolute atomic E-state index is 11.6. The highest BCUT2D eigenvalue weighted by molar-refractivity contribution is 14.0. The Morgan fingerprint density at radius 3 is 2.50 bits per heavy atom. The molecule has 0 bridgehead atoms. The molecule has 3 N–H and O–H groups in total. The molecule has 1 aliphatic carbocycles. The summed E-state index contributed by atoms with van der Waals surface area (Å²) in [5, 5.41) is 8.65. The number of likely N-dealkylation sites (tertiary alicyclic amines) is 1. The van der Waals surface area contributed by atoms with Gasteiger partial charge in [0.05, 0.1) is 4.90 Å². The van der Waals surface area contributed by atoms with E-state index in [0.717, 1.165) is 24.6 Å². The number of nitrogens with two attached hydrogens (primary N) is 1. The van der Waals surface area contributed by atoms with E-state index in [0.29, 0.717) is 12.0 Å². The molecule has 0 radical (unpaired) electrons. The molecule has 0 aromatic heterocycles. The van der Waals surface area contributed by atoms with Crippen LogP contribution in [-0.2, 0) is 16.6 Å². The van der Waals surface area contributed by atoms with Crippen LogP contribution in [0.25, 0.3) is 0 Å². The van der Waals surface area contributed by atoms with Gasteiger partial charge < -0.3 is 10.2 Å². The molecule has 1 heterocycles. The first-order valence-electron chi connectivity index (χ1n) is 9.99. The zero-order chi connectivity index (χ0) is 19.3. The van der Waals surface area contributed by atoms with Crippen LogP contribution >= 0.6 is 24.0 Å². The van der Waals surface area contributed by atoms with Crippen LogP contribution in [0.3, 0.4) is 0 Å². The van der Waals surface area contributed by atoms with Gasteiger partial charge in [0.15, 0.2) is 5.96 Å². The first-order chi connectivity index (χ1) is 12.9. The smallest absolute Gasteiger partial charge is 0.238 e. The van der Waals surface area contributed by atoms with Gasteiger partial charge in [0, 0.05) is 26.7 Å². The number of primary sulfonamides is 1. The van der Waals surface area contributed by atoms with E-state index in [4.69, 9.17) is 5.14 Å². The fourth-order valence-electron chi connectivity index (χ4n) is 4.62. The molecule has 6 nitrogen and oxygen atoms in total. The van der Waals surface area contributed by atoms with Gasteiger partial charge in [-0.1, -0.05) is 37.8 Å². The highest BCUT2D eigenvalue weighted by atomic mass is 127.